The van der Waals surface area contributed by atoms with Gasteiger partial charge in [-0.1, -0.05) is 17.3 Å². The molecule has 0 saturated carbocycles. The molecule has 0 aliphatic heterocycles. The molecule has 102 valence electrons. The first-order valence-electron chi connectivity index (χ1n) is 6.20. The molecule has 2 aromatic rings. The summed E-state index contributed by atoms with van der Waals surface area (Å²) in [6.45, 7) is 1.76. The first-order chi connectivity index (χ1) is 9.74. The topological polar surface area (TPSA) is 54.7 Å². The highest BCUT2D eigenvalue weighted by atomic mass is 16.5. The summed E-state index contributed by atoms with van der Waals surface area (Å²) in [5.41, 5.74) is 3.28. The highest BCUT2D eigenvalue weighted by Gasteiger charge is 2.07. The molecule has 20 heavy (non-hydrogen) atoms. The average Bonchev–Trinajstić information content (AvgIpc) is 2.53. The molecule has 0 bridgehead atoms. The number of hydrogen-bond acceptors (Lipinski definition) is 4. The van der Waals surface area contributed by atoms with Crippen molar-refractivity contribution in [3.05, 3.63) is 59.9 Å². The predicted octanol–water partition coefficient (Wildman–Crippen LogP) is 3.48. The molecule has 0 atom stereocenters. The van der Waals surface area contributed by atoms with Crippen LogP contribution in [0.15, 0.2) is 53.9 Å². The Morgan fingerprint density at radius 1 is 1.25 bits per heavy atom. The van der Waals surface area contributed by atoms with Crippen LogP contribution in [0, 0.1) is 0 Å². The minimum absolute atomic E-state index is 0.537. The van der Waals surface area contributed by atoms with Gasteiger partial charge in [0.15, 0.2) is 0 Å². The predicted molar refractivity (Wildman–Crippen MR) is 80.0 cm³/mol. The third-order valence-electron chi connectivity index (χ3n) is 2.94. The lowest BCUT2D eigenvalue weighted by atomic mass is 9.99. The van der Waals surface area contributed by atoms with E-state index in [9.17, 15) is 0 Å². The van der Waals surface area contributed by atoms with E-state index >= 15 is 0 Å². The van der Waals surface area contributed by atoms with E-state index in [0.717, 1.165) is 22.4 Å². The van der Waals surface area contributed by atoms with Gasteiger partial charge in [0.1, 0.15) is 5.75 Å². The summed E-state index contributed by atoms with van der Waals surface area (Å²) in [7, 11) is 1.62. The summed E-state index contributed by atoms with van der Waals surface area (Å²) in [4.78, 5) is 3.99. The van der Waals surface area contributed by atoms with Crippen molar-refractivity contribution in [2.75, 3.05) is 7.11 Å². The first-order valence-corrected chi connectivity index (χ1v) is 6.20. The molecule has 4 nitrogen and oxygen atoms in total. The second-order valence-corrected chi connectivity index (χ2v) is 4.26. The van der Waals surface area contributed by atoms with Crippen LogP contribution in [0.2, 0.25) is 0 Å². The van der Waals surface area contributed by atoms with Crippen molar-refractivity contribution < 1.29 is 9.94 Å². The van der Waals surface area contributed by atoms with Crippen molar-refractivity contribution in [1.82, 2.24) is 4.98 Å². The Labute approximate surface area is 118 Å². The zero-order valence-corrected chi connectivity index (χ0v) is 11.4. The third-order valence-corrected chi connectivity index (χ3v) is 2.94. The van der Waals surface area contributed by atoms with Crippen LogP contribution in [0.3, 0.4) is 0 Å². The van der Waals surface area contributed by atoms with Gasteiger partial charge in [0.2, 0.25) is 0 Å². The van der Waals surface area contributed by atoms with Gasteiger partial charge in [0, 0.05) is 18.0 Å². The Hall–Kier alpha value is -2.62. The lowest BCUT2D eigenvalue weighted by molar-refractivity contribution is 0.319. The Morgan fingerprint density at radius 2 is 2.00 bits per heavy atom. The van der Waals surface area contributed by atoms with E-state index in [1.165, 1.54) is 0 Å². The molecule has 0 amide bonds. The van der Waals surface area contributed by atoms with Crippen molar-refractivity contribution in [2.45, 2.75) is 6.92 Å². The van der Waals surface area contributed by atoms with Crippen LogP contribution >= 0.6 is 0 Å². The third kappa shape index (κ3) is 3.23. The molecule has 0 fully saturated rings. The molecule has 1 N–H and O–H groups in total. The van der Waals surface area contributed by atoms with Crippen LogP contribution in [0.5, 0.6) is 5.75 Å². The quantitative estimate of drug-likeness (QED) is 0.524. The molecular weight excluding hydrogens is 252 g/mol. The number of methoxy groups -OCH3 is 1. The molecule has 1 aromatic heterocycles. The first kappa shape index (κ1) is 13.8. The molecule has 0 spiro atoms. The van der Waals surface area contributed by atoms with Crippen molar-refractivity contribution in [1.29, 1.82) is 0 Å². The van der Waals surface area contributed by atoms with E-state index in [-0.39, 0.29) is 0 Å². The number of benzene rings is 1. The maximum atomic E-state index is 9.07. The fourth-order valence-corrected chi connectivity index (χ4v) is 1.87. The van der Waals surface area contributed by atoms with Crippen LogP contribution in [0.1, 0.15) is 18.1 Å². The molecule has 0 unspecified atom stereocenters. The van der Waals surface area contributed by atoms with Gasteiger partial charge in [0.05, 0.1) is 12.8 Å². The van der Waals surface area contributed by atoms with Gasteiger partial charge in [-0.05, 0) is 48.4 Å². The lowest BCUT2D eigenvalue weighted by Gasteiger charge is -2.08. The standard InChI is InChI=1S/C16H16N2O2/c1-12(18-19)16(10-13-6-8-17-9-7-13)14-4-3-5-15(11-14)20-2/h3-11,19H,1-2H3/b16-10+,18-12+. The van der Waals surface area contributed by atoms with Crippen LogP contribution in [-0.4, -0.2) is 23.0 Å². The van der Waals surface area contributed by atoms with Gasteiger partial charge in [-0.25, -0.2) is 0 Å². The molecule has 2 rings (SSSR count). The van der Waals surface area contributed by atoms with Crippen molar-refractivity contribution in [2.24, 2.45) is 5.16 Å². The van der Waals surface area contributed by atoms with Crippen molar-refractivity contribution >= 4 is 17.4 Å². The highest BCUT2D eigenvalue weighted by molar-refractivity contribution is 6.26. The van der Waals surface area contributed by atoms with Gasteiger partial charge < -0.3 is 9.94 Å². The fourth-order valence-electron chi connectivity index (χ4n) is 1.87. The largest absolute Gasteiger partial charge is 0.497 e. The molecular formula is C16H16N2O2. The number of aromatic nitrogens is 1. The van der Waals surface area contributed by atoms with Crippen LogP contribution in [-0.2, 0) is 0 Å². The second-order valence-electron chi connectivity index (χ2n) is 4.26. The number of allylic oxidation sites excluding steroid dienone is 1. The Kier molecular flexibility index (Phi) is 4.50. The Bertz CT molecular complexity index is 634. The monoisotopic (exact) mass is 268 g/mol. The SMILES string of the molecule is COc1cccc(C(=C/c2ccncc2)/C(C)=N/O)c1. The van der Waals surface area contributed by atoms with E-state index < -0.39 is 0 Å². The van der Waals surface area contributed by atoms with E-state index in [1.807, 2.05) is 42.5 Å². The van der Waals surface area contributed by atoms with Crippen LogP contribution in [0.25, 0.3) is 11.6 Å². The molecule has 1 heterocycles. The molecule has 0 aliphatic carbocycles. The maximum Gasteiger partial charge on any atom is 0.119 e. The van der Waals surface area contributed by atoms with E-state index in [1.54, 1.807) is 26.4 Å². The molecule has 0 radical (unpaired) electrons. The average molecular weight is 268 g/mol. The van der Waals surface area contributed by atoms with Gasteiger partial charge in [-0.2, -0.15) is 0 Å². The Balaban J connectivity index is 2.50. The fraction of sp³-hybridized carbons (Fsp3) is 0.125. The molecule has 0 saturated heterocycles. The number of oxime groups is 1. The van der Waals surface area contributed by atoms with Gasteiger partial charge in [-0.3, -0.25) is 4.98 Å². The zero-order valence-electron chi connectivity index (χ0n) is 11.4. The van der Waals surface area contributed by atoms with E-state index in [0.29, 0.717) is 5.71 Å². The van der Waals surface area contributed by atoms with Crippen molar-refractivity contribution in [3.8, 4) is 5.75 Å². The molecule has 1 aromatic carbocycles. The summed E-state index contributed by atoms with van der Waals surface area (Å²) in [5, 5.41) is 12.4. The van der Waals surface area contributed by atoms with Gasteiger partial charge in [-0.15, -0.1) is 0 Å². The van der Waals surface area contributed by atoms with E-state index in [4.69, 9.17) is 9.94 Å². The van der Waals surface area contributed by atoms with Gasteiger partial charge in [0.25, 0.3) is 0 Å². The number of ether oxygens (including phenoxy) is 1. The van der Waals surface area contributed by atoms with Crippen molar-refractivity contribution in [3.63, 3.8) is 0 Å². The second kappa shape index (κ2) is 6.52. The number of pyridine rings is 1. The van der Waals surface area contributed by atoms with E-state index in [2.05, 4.69) is 10.1 Å². The normalized spacial score (nSPS) is 12.3. The molecule has 0 aliphatic rings. The highest BCUT2D eigenvalue weighted by Crippen LogP contribution is 2.23. The Morgan fingerprint density at radius 3 is 2.65 bits per heavy atom. The lowest BCUT2D eigenvalue weighted by Crippen LogP contribution is -1.98. The molecule has 4 heteroatoms. The minimum atomic E-state index is 0.537. The number of rotatable bonds is 4. The number of hydrogen-bond donors (Lipinski definition) is 1. The summed E-state index contributed by atoms with van der Waals surface area (Å²) < 4.78 is 5.23. The summed E-state index contributed by atoms with van der Waals surface area (Å²) >= 11 is 0. The maximum absolute atomic E-state index is 9.07. The van der Waals surface area contributed by atoms with Crippen LogP contribution < -0.4 is 4.74 Å². The summed E-state index contributed by atoms with van der Waals surface area (Å²) in [6, 6.07) is 11.4. The smallest absolute Gasteiger partial charge is 0.119 e. The zero-order chi connectivity index (χ0) is 14.4. The summed E-state index contributed by atoms with van der Waals surface area (Å²) in [5.74, 6) is 0.758. The number of nitrogens with zero attached hydrogens (tertiary/aromatic N) is 2. The van der Waals surface area contributed by atoms with Gasteiger partial charge >= 0.3 is 0 Å². The summed E-state index contributed by atoms with van der Waals surface area (Å²) in [6.07, 6.45) is 5.40. The van der Waals surface area contributed by atoms with Crippen LogP contribution in [0.4, 0.5) is 0 Å². The minimum Gasteiger partial charge on any atom is -0.497 e.